The smallest absolute Gasteiger partial charge is 0.310 e. The topological polar surface area (TPSA) is 52.6 Å². The number of nitrogens with one attached hydrogen (secondary N) is 1. The van der Waals surface area contributed by atoms with Gasteiger partial charge in [0.15, 0.2) is 0 Å². The molecule has 0 aliphatic rings. The molecule has 0 aromatic heterocycles. The highest BCUT2D eigenvalue weighted by atomic mass is 16.4. The van der Waals surface area contributed by atoms with E-state index in [1.807, 2.05) is 14.1 Å². The summed E-state index contributed by atoms with van der Waals surface area (Å²) in [5, 5.41) is 12.1. The number of aliphatic carboxylic acids is 1. The molecule has 1 atom stereocenters. The molecular formula is C10H22N2O2. The van der Waals surface area contributed by atoms with Crippen LogP contribution in [0.2, 0.25) is 0 Å². The highest BCUT2D eigenvalue weighted by Gasteiger charge is 2.27. The molecule has 1 unspecified atom stereocenters. The molecule has 0 fully saturated rings. The number of likely N-dealkylation sites (N-methyl/N-ethyl adjacent to an activating group) is 1. The van der Waals surface area contributed by atoms with E-state index in [1.165, 1.54) is 0 Å². The van der Waals surface area contributed by atoms with Gasteiger partial charge in [0.1, 0.15) is 0 Å². The predicted molar refractivity (Wildman–Crippen MR) is 57.4 cm³/mol. The van der Waals surface area contributed by atoms with Gasteiger partial charge in [-0.3, -0.25) is 4.79 Å². The van der Waals surface area contributed by atoms with Crippen LogP contribution in [-0.4, -0.2) is 49.2 Å². The van der Waals surface area contributed by atoms with Gasteiger partial charge in [-0.1, -0.05) is 0 Å². The molecule has 2 N–H and O–H groups in total. The largest absolute Gasteiger partial charge is 0.481 e. The fourth-order valence-corrected chi connectivity index (χ4v) is 1.12. The van der Waals surface area contributed by atoms with Crippen LogP contribution < -0.4 is 5.32 Å². The maximum Gasteiger partial charge on any atom is 0.310 e. The lowest BCUT2D eigenvalue weighted by molar-refractivity contribution is -0.146. The van der Waals surface area contributed by atoms with Crippen molar-refractivity contribution in [3.8, 4) is 0 Å². The SMILES string of the molecule is CC(CN(C)C)NCC(C)(C)C(=O)O. The molecule has 0 aromatic rings. The Morgan fingerprint density at radius 3 is 2.36 bits per heavy atom. The van der Waals surface area contributed by atoms with Crippen LogP contribution >= 0.6 is 0 Å². The molecule has 0 heterocycles. The van der Waals surface area contributed by atoms with Crippen molar-refractivity contribution in [1.29, 1.82) is 0 Å². The number of carbonyl (C=O) groups is 1. The first-order valence-corrected chi connectivity index (χ1v) is 4.87. The zero-order valence-corrected chi connectivity index (χ0v) is 9.79. The van der Waals surface area contributed by atoms with Crippen LogP contribution in [0.5, 0.6) is 0 Å². The lowest BCUT2D eigenvalue weighted by atomic mass is 9.93. The Morgan fingerprint density at radius 2 is 2.00 bits per heavy atom. The number of carboxylic acid groups (broad SMARTS) is 1. The van der Waals surface area contributed by atoms with Crippen molar-refractivity contribution in [2.75, 3.05) is 27.2 Å². The van der Waals surface area contributed by atoms with E-state index >= 15 is 0 Å². The van der Waals surface area contributed by atoms with Crippen LogP contribution in [0.3, 0.4) is 0 Å². The van der Waals surface area contributed by atoms with Crippen molar-refractivity contribution in [3.05, 3.63) is 0 Å². The quantitative estimate of drug-likeness (QED) is 0.663. The van der Waals surface area contributed by atoms with E-state index in [4.69, 9.17) is 5.11 Å². The minimum absolute atomic E-state index is 0.309. The summed E-state index contributed by atoms with van der Waals surface area (Å²) >= 11 is 0. The molecule has 0 radical (unpaired) electrons. The third-order valence-electron chi connectivity index (χ3n) is 2.11. The summed E-state index contributed by atoms with van der Waals surface area (Å²) in [7, 11) is 4.00. The van der Waals surface area contributed by atoms with Crippen molar-refractivity contribution in [3.63, 3.8) is 0 Å². The van der Waals surface area contributed by atoms with Crippen molar-refractivity contribution < 1.29 is 9.90 Å². The van der Waals surface area contributed by atoms with Crippen LogP contribution in [0.4, 0.5) is 0 Å². The second-order valence-electron chi connectivity index (χ2n) is 4.73. The fourth-order valence-electron chi connectivity index (χ4n) is 1.12. The van der Waals surface area contributed by atoms with Gasteiger partial charge in [-0.15, -0.1) is 0 Å². The summed E-state index contributed by atoms with van der Waals surface area (Å²) < 4.78 is 0. The Hall–Kier alpha value is -0.610. The summed E-state index contributed by atoms with van der Waals surface area (Å²) in [4.78, 5) is 12.9. The van der Waals surface area contributed by atoms with E-state index in [0.29, 0.717) is 12.6 Å². The van der Waals surface area contributed by atoms with Crippen LogP contribution in [0.25, 0.3) is 0 Å². The van der Waals surface area contributed by atoms with Crippen LogP contribution in [0.1, 0.15) is 20.8 Å². The average molecular weight is 202 g/mol. The van der Waals surface area contributed by atoms with E-state index in [-0.39, 0.29) is 0 Å². The molecule has 0 aliphatic carbocycles. The molecular weight excluding hydrogens is 180 g/mol. The maximum absolute atomic E-state index is 10.8. The standard InChI is InChI=1S/C10H22N2O2/c1-8(6-12(4)5)11-7-10(2,3)9(13)14/h8,11H,6-7H2,1-5H3,(H,13,14). The Morgan fingerprint density at radius 1 is 1.50 bits per heavy atom. The van der Waals surface area contributed by atoms with Crippen LogP contribution in [0.15, 0.2) is 0 Å². The first-order chi connectivity index (χ1) is 6.25. The monoisotopic (exact) mass is 202 g/mol. The zero-order valence-electron chi connectivity index (χ0n) is 9.79. The van der Waals surface area contributed by atoms with Crippen LogP contribution in [0, 0.1) is 5.41 Å². The molecule has 0 amide bonds. The molecule has 0 saturated heterocycles. The first-order valence-electron chi connectivity index (χ1n) is 4.87. The molecule has 0 aliphatic heterocycles. The van der Waals surface area contributed by atoms with E-state index < -0.39 is 11.4 Å². The zero-order chi connectivity index (χ0) is 11.4. The number of nitrogens with zero attached hydrogens (tertiary/aromatic N) is 1. The van der Waals surface area contributed by atoms with Gasteiger partial charge in [-0.05, 0) is 34.9 Å². The van der Waals surface area contributed by atoms with Gasteiger partial charge < -0.3 is 15.3 Å². The first kappa shape index (κ1) is 13.4. The van der Waals surface area contributed by atoms with Crippen molar-refractivity contribution in [2.24, 2.45) is 5.41 Å². The molecule has 4 nitrogen and oxygen atoms in total. The van der Waals surface area contributed by atoms with Gasteiger partial charge in [0.2, 0.25) is 0 Å². The van der Waals surface area contributed by atoms with E-state index in [2.05, 4.69) is 17.1 Å². The van der Waals surface area contributed by atoms with Gasteiger partial charge >= 0.3 is 5.97 Å². The Bertz CT molecular complexity index is 191. The van der Waals surface area contributed by atoms with Gasteiger partial charge in [0.05, 0.1) is 5.41 Å². The second kappa shape index (κ2) is 5.32. The molecule has 0 aromatic carbocycles. The summed E-state index contributed by atoms with van der Waals surface area (Å²) in [5.74, 6) is -0.762. The Kier molecular flexibility index (Phi) is 5.08. The van der Waals surface area contributed by atoms with E-state index in [9.17, 15) is 4.79 Å². The van der Waals surface area contributed by atoms with Crippen molar-refractivity contribution in [1.82, 2.24) is 10.2 Å². The van der Waals surface area contributed by atoms with E-state index in [0.717, 1.165) is 6.54 Å². The van der Waals surface area contributed by atoms with Crippen molar-refractivity contribution >= 4 is 5.97 Å². The van der Waals surface area contributed by atoms with Gasteiger partial charge in [-0.2, -0.15) is 0 Å². The number of hydrogen-bond acceptors (Lipinski definition) is 3. The van der Waals surface area contributed by atoms with E-state index in [1.54, 1.807) is 13.8 Å². The molecule has 0 bridgehead atoms. The second-order valence-corrected chi connectivity index (χ2v) is 4.73. The lowest BCUT2D eigenvalue weighted by Crippen LogP contribution is -2.43. The normalized spacial score (nSPS) is 14.4. The highest BCUT2D eigenvalue weighted by Crippen LogP contribution is 2.13. The van der Waals surface area contributed by atoms with Gasteiger partial charge in [0.25, 0.3) is 0 Å². The van der Waals surface area contributed by atoms with Gasteiger partial charge in [-0.25, -0.2) is 0 Å². The minimum atomic E-state index is -0.762. The summed E-state index contributed by atoms with van der Waals surface area (Å²) in [6.07, 6.45) is 0. The number of rotatable bonds is 6. The maximum atomic E-state index is 10.8. The Labute approximate surface area is 86.3 Å². The summed E-state index contributed by atoms with van der Waals surface area (Å²) in [5.41, 5.74) is -0.694. The average Bonchev–Trinajstić information content (AvgIpc) is 1.99. The highest BCUT2D eigenvalue weighted by molar-refractivity contribution is 5.73. The van der Waals surface area contributed by atoms with Crippen molar-refractivity contribution in [2.45, 2.75) is 26.8 Å². The molecule has 14 heavy (non-hydrogen) atoms. The molecule has 4 heteroatoms. The Balaban J connectivity index is 3.87. The number of hydrogen-bond donors (Lipinski definition) is 2. The fraction of sp³-hybridized carbons (Fsp3) is 0.900. The third-order valence-corrected chi connectivity index (χ3v) is 2.11. The van der Waals surface area contributed by atoms with Crippen LogP contribution in [-0.2, 0) is 4.79 Å². The minimum Gasteiger partial charge on any atom is -0.481 e. The predicted octanol–water partition coefficient (Wildman–Crippen LogP) is 0.637. The molecule has 0 spiro atoms. The lowest BCUT2D eigenvalue weighted by Gasteiger charge is -2.24. The summed E-state index contributed by atoms with van der Waals surface area (Å²) in [6.45, 7) is 6.92. The molecule has 0 saturated carbocycles. The molecule has 0 rings (SSSR count). The number of carboxylic acids is 1. The van der Waals surface area contributed by atoms with Gasteiger partial charge in [0, 0.05) is 19.1 Å². The summed E-state index contributed by atoms with van der Waals surface area (Å²) in [6, 6.07) is 0.309. The molecule has 84 valence electrons. The third kappa shape index (κ3) is 5.19.